The zero-order valence-electron chi connectivity index (χ0n) is 22.0. The Morgan fingerprint density at radius 2 is 1.83 bits per heavy atom. The second kappa shape index (κ2) is 11.2. The first kappa shape index (κ1) is 29.2. The summed E-state index contributed by atoms with van der Waals surface area (Å²) in [6, 6.07) is 0. The van der Waals surface area contributed by atoms with Crippen LogP contribution in [0.15, 0.2) is 23.3 Å². The van der Waals surface area contributed by atoms with Crippen molar-refractivity contribution in [1.29, 1.82) is 0 Å². The molecule has 0 amide bonds. The lowest BCUT2D eigenvalue weighted by Crippen LogP contribution is -2.42. The SMILES string of the molecule is CC1[C@H](O)CC(=C/C=C2\CCC[C@]3(C)[C@@H]([C@H](C)OC(=O)CCCC(C)(O)C(F)(F)F)CC[C@@H]23)C[C@@H]1O. The van der Waals surface area contributed by atoms with E-state index >= 15 is 0 Å². The number of rotatable bonds is 7. The highest BCUT2D eigenvalue weighted by Crippen LogP contribution is 2.58. The van der Waals surface area contributed by atoms with Gasteiger partial charge in [-0.25, -0.2) is 0 Å². The van der Waals surface area contributed by atoms with E-state index in [9.17, 15) is 33.3 Å². The molecule has 3 N–H and O–H groups in total. The fraction of sp³-hybridized carbons (Fsp3) is 0.821. The molecule has 0 aromatic carbocycles. The molecule has 8 atom stereocenters. The zero-order chi connectivity index (χ0) is 26.9. The number of halogens is 3. The summed E-state index contributed by atoms with van der Waals surface area (Å²) < 4.78 is 44.1. The Morgan fingerprint density at radius 1 is 1.19 bits per heavy atom. The third-order valence-electron chi connectivity index (χ3n) is 9.27. The molecule has 3 saturated carbocycles. The second-order valence-corrected chi connectivity index (χ2v) is 11.9. The first-order valence-electron chi connectivity index (χ1n) is 13.4. The molecular formula is C28H43F3O5. The largest absolute Gasteiger partial charge is 0.462 e. The van der Waals surface area contributed by atoms with E-state index in [1.54, 1.807) is 0 Å². The van der Waals surface area contributed by atoms with Crippen LogP contribution in [0.3, 0.4) is 0 Å². The molecule has 0 radical (unpaired) electrons. The number of allylic oxidation sites excluding steroid dienone is 3. The lowest BCUT2D eigenvalue weighted by molar-refractivity contribution is -0.255. The highest BCUT2D eigenvalue weighted by atomic mass is 19.4. The van der Waals surface area contributed by atoms with Gasteiger partial charge in [0.1, 0.15) is 6.10 Å². The van der Waals surface area contributed by atoms with Crippen LogP contribution in [-0.4, -0.2) is 51.4 Å². The van der Waals surface area contributed by atoms with Crippen molar-refractivity contribution in [3.63, 3.8) is 0 Å². The van der Waals surface area contributed by atoms with Gasteiger partial charge in [-0.2, -0.15) is 13.2 Å². The van der Waals surface area contributed by atoms with Gasteiger partial charge >= 0.3 is 12.1 Å². The van der Waals surface area contributed by atoms with Gasteiger partial charge in [-0.15, -0.1) is 0 Å². The number of carbonyl (C=O) groups is 1. The molecule has 8 heteroatoms. The van der Waals surface area contributed by atoms with Crippen molar-refractivity contribution >= 4 is 5.97 Å². The van der Waals surface area contributed by atoms with Crippen molar-refractivity contribution in [3.05, 3.63) is 23.3 Å². The summed E-state index contributed by atoms with van der Waals surface area (Å²) in [7, 11) is 0. The van der Waals surface area contributed by atoms with E-state index in [0.717, 1.165) is 44.6 Å². The molecule has 0 aliphatic heterocycles. The number of hydrogen-bond acceptors (Lipinski definition) is 5. The van der Waals surface area contributed by atoms with Crippen LogP contribution >= 0.6 is 0 Å². The molecule has 0 bridgehead atoms. The Bertz CT molecular complexity index is 835. The molecule has 0 aromatic heterocycles. The molecule has 0 spiro atoms. The number of fused-ring (bicyclic) bond motifs is 1. The maximum absolute atomic E-state index is 12.8. The Labute approximate surface area is 212 Å². The summed E-state index contributed by atoms with van der Waals surface area (Å²) in [5.41, 5.74) is -0.400. The summed E-state index contributed by atoms with van der Waals surface area (Å²) >= 11 is 0. The number of carbonyl (C=O) groups excluding carboxylic acids is 1. The minimum Gasteiger partial charge on any atom is -0.462 e. The molecule has 0 aromatic rings. The average molecular weight is 517 g/mol. The molecule has 0 heterocycles. The molecule has 36 heavy (non-hydrogen) atoms. The van der Waals surface area contributed by atoms with Crippen LogP contribution in [0.2, 0.25) is 0 Å². The first-order chi connectivity index (χ1) is 16.7. The van der Waals surface area contributed by atoms with Gasteiger partial charge in [-0.1, -0.05) is 37.1 Å². The number of aliphatic hydroxyl groups is 3. The predicted octanol–water partition coefficient (Wildman–Crippen LogP) is 5.62. The molecule has 3 aliphatic rings. The number of alkyl halides is 3. The van der Waals surface area contributed by atoms with Crippen LogP contribution in [0.1, 0.15) is 91.9 Å². The van der Waals surface area contributed by atoms with Crippen LogP contribution in [-0.2, 0) is 9.53 Å². The van der Waals surface area contributed by atoms with E-state index in [1.165, 1.54) is 5.57 Å². The third-order valence-corrected chi connectivity index (χ3v) is 9.27. The molecule has 3 rings (SSSR count). The Balaban J connectivity index is 1.59. The third kappa shape index (κ3) is 6.36. The fourth-order valence-corrected chi connectivity index (χ4v) is 6.73. The molecule has 206 valence electrons. The molecule has 2 unspecified atom stereocenters. The number of ether oxygens (including phenoxy) is 1. The number of hydrogen-bond donors (Lipinski definition) is 3. The summed E-state index contributed by atoms with van der Waals surface area (Å²) in [5.74, 6) is -0.105. The topological polar surface area (TPSA) is 87.0 Å². The van der Waals surface area contributed by atoms with E-state index in [4.69, 9.17) is 4.74 Å². The van der Waals surface area contributed by atoms with Gasteiger partial charge in [0.05, 0.1) is 12.2 Å². The Kier molecular flexibility index (Phi) is 9.05. The van der Waals surface area contributed by atoms with Gasteiger partial charge in [0, 0.05) is 18.3 Å². The Hall–Kier alpha value is -1.38. The van der Waals surface area contributed by atoms with Crippen molar-refractivity contribution in [2.45, 2.75) is 122 Å². The van der Waals surface area contributed by atoms with Gasteiger partial charge in [0.25, 0.3) is 0 Å². The maximum atomic E-state index is 12.8. The normalized spacial score (nSPS) is 38.0. The molecule has 3 fully saturated rings. The predicted molar refractivity (Wildman–Crippen MR) is 131 cm³/mol. The van der Waals surface area contributed by atoms with Crippen molar-refractivity contribution in [2.24, 2.45) is 23.2 Å². The van der Waals surface area contributed by atoms with Gasteiger partial charge in [0.15, 0.2) is 5.60 Å². The van der Waals surface area contributed by atoms with Crippen LogP contribution in [0.25, 0.3) is 0 Å². The standard InChI is InChI=1S/C28H43F3O5/c1-17-23(32)15-19(16-24(17)33)9-10-20-7-5-13-26(3)21(11-12-22(20)26)18(2)36-25(34)8-6-14-27(4,35)28(29,30)31/h9-10,17-18,21-24,32-33,35H,5-8,11-16H2,1-4H3/b19-9?,20-10+/t17?,18-,21+,22-,23-,24+,26+,27?/m0/s1. The summed E-state index contributed by atoms with van der Waals surface area (Å²) in [5, 5.41) is 30.0. The summed E-state index contributed by atoms with van der Waals surface area (Å²) in [6.07, 6.45) is 3.50. The minimum atomic E-state index is -4.73. The van der Waals surface area contributed by atoms with E-state index < -0.39 is 36.4 Å². The van der Waals surface area contributed by atoms with E-state index in [-0.39, 0.29) is 36.2 Å². The van der Waals surface area contributed by atoms with Gasteiger partial charge in [0.2, 0.25) is 0 Å². The summed E-state index contributed by atoms with van der Waals surface area (Å²) in [6.45, 7) is 6.74. The van der Waals surface area contributed by atoms with Crippen LogP contribution in [0.4, 0.5) is 13.2 Å². The highest BCUT2D eigenvalue weighted by molar-refractivity contribution is 5.69. The van der Waals surface area contributed by atoms with Crippen molar-refractivity contribution in [1.82, 2.24) is 0 Å². The molecule has 5 nitrogen and oxygen atoms in total. The lowest BCUT2D eigenvalue weighted by atomic mass is 9.62. The smallest absolute Gasteiger partial charge is 0.416 e. The molecule has 0 saturated heterocycles. The maximum Gasteiger partial charge on any atom is 0.416 e. The van der Waals surface area contributed by atoms with Gasteiger partial charge < -0.3 is 20.1 Å². The summed E-state index contributed by atoms with van der Waals surface area (Å²) in [4.78, 5) is 12.4. The first-order valence-corrected chi connectivity index (χ1v) is 13.4. The number of esters is 1. The van der Waals surface area contributed by atoms with Crippen molar-refractivity contribution < 1.29 is 38.0 Å². The van der Waals surface area contributed by atoms with E-state index in [0.29, 0.717) is 18.8 Å². The fourth-order valence-electron chi connectivity index (χ4n) is 6.73. The number of aliphatic hydroxyl groups excluding tert-OH is 2. The Morgan fingerprint density at radius 3 is 2.44 bits per heavy atom. The molecule has 3 aliphatic carbocycles. The second-order valence-electron chi connectivity index (χ2n) is 11.9. The van der Waals surface area contributed by atoms with Gasteiger partial charge in [-0.05, 0) is 83.0 Å². The van der Waals surface area contributed by atoms with Crippen molar-refractivity contribution in [2.75, 3.05) is 0 Å². The van der Waals surface area contributed by atoms with Gasteiger partial charge in [-0.3, -0.25) is 4.79 Å². The molecular weight excluding hydrogens is 473 g/mol. The minimum absolute atomic E-state index is 0.0254. The van der Waals surface area contributed by atoms with E-state index in [2.05, 4.69) is 19.1 Å². The van der Waals surface area contributed by atoms with Crippen LogP contribution in [0, 0.1) is 23.2 Å². The zero-order valence-corrected chi connectivity index (χ0v) is 22.0. The quantitative estimate of drug-likeness (QED) is 0.382. The van der Waals surface area contributed by atoms with E-state index in [1.807, 2.05) is 13.8 Å². The monoisotopic (exact) mass is 516 g/mol. The average Bonchev–Trinajstić information content (AvgIpc) is 3.12. The lowest BCUT2D eigenvalue weighted by Gasteiger charge is -2.44. The van der Waals surface area contributed by atoms with Crippen molar-refractivity contribution in [3.8, 4) is 0 Å². The highest BCUT2D eigenvalue weighted by Gasteiger charge is 2.52. The van der Waals surface area contributed by atoms with Crippen LogP contribution < -0.4 is 0 Å². The van der Waals surface area contributed by atoms with Crippen LogP contribution in [0.5, 0.6) is 0 Å².